The summed E-state index contributed by atoms with van der Waals surface area (Å²) in [5.74, 6) is 0. The molecular formula is C24H40. The zero-order valence-electron chi connectivity index (χ0n) is 16.8. The minimum Gasteiger partial charge on any atom is -0.0955 e. The molecule has 0 bridgehead atoms. The molecule has 0 heteroatoms. The van der Waals surface area contributed by atoms with E-state index < -0.39 is 0 Å². The first-order valence-electron chi connectivity index (χ1n) is 10.3. The van der Waals surface area contributed by atoms with Crippen LogP contribution in [-0.4, -0.2) is 0 Å². The van der Waals surface area contributed by atoms with Crippen molar-refractivity contribution in [2.24, 2.45) is 0 Å². The van der Waals surface area contributed by atoms with Crippen LogP contribution < -0.4 is 0 Å². The number of rotatable bonds is 13. The highest BCUT2D eigenvalue weighted by atomic mass is 14.1. The van der Waals surface area contributed by atoms with Crippen LogP contribution in [0.15, 0.2) is 18.7 Å². The summed E-state index contributed by atoms with van der Waals surface area (Å²) in [5, 5.41) is 0. The second-order valence-electron chi connectivity index (χ2n) is 7.67. The molecule has 1 aromatic rings. The lowest BCUT2D eigenvalue weighted by Gasteiger charge is -2.14. The third-order valence-corrected chi connectivity index (χ3v) is 5.11. The Bertz CT molecular complexity index is 481. The Labute approximate surface area is 151 Å². The van der Waals surface area contributed by atoms with Gasteiger partial charge in [-0.05, 0) is 50.3 Å². The van der Waals surface area contributed by atoms with Gasteiger partial charge in [0.25, 0.3) is 0 Å². The van der Waals surface area contributed by atoms with E-state index in [-0.39, 0.29) is 0 Å². The highest BCUT2D eigenvalue weighted by molar-refractivity contribution is 5.66. The predicted octanol–water partition coefficient (Wildman–Crippen LogP) is 8.19. The second kappa shape index (κ2) is 12.3. The molecule has 0 radical (unpaired) electrons. The van der Waals surface area contributed by atoms with E-state index in [0.29, 0.717) is 0 Å². The van der Waals surface area contributed by atoms with Gasteiger partial charge in [0.1, 0.15) is 0 Å². The molecule has 0 atom stereocenters. The first-order valence-corrected chi connectivity index (χ1v) is 10.3. The van der Waals surface area contributed by atoms with Crippen molar-refractivity contribution < 1.29 is 0 Å². The molecule has 136 valence electrons. The SMILES string of the molecule is C=C(C)c1cc(C)cc(C)c1CCCCCCCCCCCCC. The lowest BCUT2D eigenvalue weighted by molar-refractivity contribution is 0.549. The van der Waals surface area contributed by atoms with Crippen molar-refractivity contribution in [2.75, 3.05) is 0 Å². The molecule has 0 nitrogen and oxygen atoms in total. The number of allylic oxidation sites excluding steroid dienone is 1. The van der Waals surface area contributed by atoms with E-state index in [1.165, 1.54) is 105 Å². The molecular weight excluding hydrogens is 288 g/mol. The molecule has 0 saturated carbocycles. The molecule has 0 saturated heterocycles. The van der Waals surface area contributed by atoms with Crippen molar-refractivity contribution in [2.45, 2.75) is 105 Å². The zero-order valence-corrected chi connectivity index (χ0v) is 16.8. The molecule has 0 aliphatic rings. The summed E-state index contributed by atoms with van der Waals surface area (Å²) < 4.78 is 0. The number of unbranched alkanes of at least 4 members (excludes halogenated alkanes) is 10. The molecule has 0 fully saturated rings. The monoisotopic (exact) mass is 328 g/mol. The minimum atomic E-state index is 1.21. The third-order valence-electron chi connectivity index (χ3n) is 5.11. The Morgan fingerprint density at radius 3 is 1.79 bits per heavy atom. The molecule has 0 spiro atoms. The molecule has 0 aromatic heterocycles. The summed E-state index contributed by atoms with van der Waals surface area (Å²) in [6.45, 7) is 13.0. The van der Waals surface area contributed by atoms with Crippen LogP contribution in [0.3, 0.4) is 0 Å². The van der Waals surface area contributed by atoms with Crippen LogP contribution in [0.4, 0.5) is 0 Å². The van der Waals surface area contributed by atoms with Gasteiger partial charge in [0, 0.05) is 0 Å². The Morgan fingerprint density at radius 1 is 0.792 bits per heavy atom. The summed E-state index contributed by atoms with van der Waals surface area (Å²) >= 11 is 0. The fourth-order valence-electron chi connectivity index (χ4n) is 3.68. The Kier molecular flexibility index (Phi) is 10.8. The van der Waals surface area contributed by atoms with E-state index in [1.54, 1.807) is 0 Å². The highest BCUT2D eigenvalue weighted by Crippen LogP contribution is 2.25. The second-order valence-corrected chi connectivity index (χ2v) is 7.67. The van der Waals surface area contributed by atoms with Crippen LogP contribution in [0.25, 0.3) is 5.57 Å². The smallest absolute Gasteiger partial charge is 0.0196 e. The van der Waals surface area contributed by atoms with Crippen molar-refractivity contribution in [3.05, 3.63) is 41.0 Å². The first-order chi connectivity index (χ1) is 11.6. The number of hydrogen-bond acceptors (Lipinski definition) is 0. The predicted molar refractivity (Wildman–Crippen MR) is 111 cm³/mol. The summed E-state index contributed by atoms with van der Waals surface area (Å²) in [4.78, 5) is 0. The average Bonchev–Trinajstić information content (AvgIpc) is 2.53. The van der Waals surface area contributed by atoms with Crippen molar-refractivity contribution in [1.82, 2.24) is 0 Å². The Morgan fingerprint density at radius 2 is 1.29 bits per heavy atom. The van der Waals surface area contributed by atoms with E-state index in [0.717, 1.165) is 0 Å². The third kappa shape index (κ3) is 8.18. The lowest BCUT2D eigenvalue weighted by atomic mass is 9.91. The van der Waals surface area contributed by atoms with Gasteiger partial charge < -0.3 is 0 Å². The molecule has 0 unspecified atom stereocenters. The summed E-state index contributed by atoms with van der Waals surface area (Å²) in [6, 6.07) is 4.63. The average molecular weight is 329 g/mol. The molecule has 24 heavy (non-hydrogen) atoms. The number of hydrogen-bond donors (Lipinski definition) is 0. The maximum absolute atomic E-state index is 4.17. The van der Waals surface area contributed by atoms with E-state index in [1.807, 2.05) is 0 Å². The molecule has 0 aliphatic carbocycles. The van der Waals surface area contributed by atoms with Gasteiger partial charge in [0.15, 0.2) is 0 Å². The fraction of sp³-hybridized carbons (Fsp3) is 0.667. The summed E-state index contributed by atoms with van der Waals surface area (Å²) in [7, 11) is 0. The van der Waals surface area contributed by atoms with Gasteiger partial charge in [-0.2, -0.15) is 0 Å². The van der Waals surface area contributed by atoms with Crippen LogP contribution in [0.5, 0.6) is 0 Å². The number of aryl methyl sites for hydroxylation is 2. The van der Waals surface area contributed by atoms with Crippen LogP contribution in [0.2, 0.25) is 0 Å². The van der Waals surface area contributed by atoms with Gasteiger partial charge in [-0.25, -0.2) is 0 Å². The molecule has 0 heterocycles. The van der Waals surface area contributed by atoms with E-state index in [9.17, 15) is 0 Å². The highest BCUT2D eigenvalue weighted by Gasteiger charge is 2.07. The van der Waals surface area contributed by atoms with Crippen LogP contribution in [0, 0.1) is 13.8 Å². The van der Waals surface area contributed by atoms with Gasteiger partial charge in [0.2, 0.25) is 0 Å². The van der Waals surface area contributed by atoms with Gasteiger partial charge in [-0.3, -0.25) is 0 Å². The number of benzene rings is 1. The Hall–Kier alpha value is -1.04. The molecule has 0 amide bonds. The first kappa shape index (κ1) is 21.0. The maximum Gasteiger partial charge on any atom is -0.0196 e. The van der Waals surface area contributed by atoms with E-state index in [2.05, 4.69) is 46.4 Å². The minimum absolute atomic E-state index is 1.21. The van der Waals surface area contributed by atoms with Gasteiger partial charge in [-0.1, -0.05) is 101 Å². The largest absolute Gasteiger partial charge is 0.0955 e. The van der Waals surface area contributed by atoms with E-state index in [4.69, 9.17) is 0 Å². The Balaban J connectivity index is 2.19. The standard InChI is InChI=1S/C24H40/c1-6-7-8-9-10-11-12-13-14-15-16-17-23-22(5)18-21(4)19-24(23)20(2)3/h18-19H,2,6-17H2,1,3-5H3. The van der Waals surface area contributed by atoms with E-state index >= 15 is 0 Å². The molecule has 1 rings (SSSR count). The summed E-state index contributed by atoms with van der Waals surface area (Å²) in [5.41, 5.74) is 6.93. The van der Waals surface area contributed by atoms with Crippen LogP contribution in [0.1, 0.15) is 107 Å². The van der Waals surface area contributed by atoms with Gasteiger partial charge >= 0.3 is 0 Å². The maximum atomic E-state index is 4.17. The fourth-order valence-corrected chi connectivity index (χ4v) is 3.68. The van der Waals surface area contributed by atoms with Crippen LogP contribution >= 0.6 is 0 Å². The normalized spacial score (nSPS) is 11.0. The van der Waals surface area contributed by atoms with Crippen molar-refractivity contribution in [3.8, 4) is 0 Å². The van der Waals surface area contributed by atoms with Crippen molar-refractivity contribution >= 4 is 5.57 Å². The quantitative estimate of drug-likeness (QED) is 0.320. The topological polar surface area (TPSA) is 0 Å². The lowest BCUT2D eigenvalue weighted by Crippen LogP contribution is -1.98. The molecule has 0 N–H and O–H groups in total. The zero-order chi connectivity index (χ0) is 17.8. The molecule has 1 aromatic carbocycles. The molecule has 0 aliphatic heterocycles. The van der Waals surface area contributed by atoms with Crippen molar-refractivity contribution in [1.29, 1.82) is 0 Å². The van der Waals surface area contributed by atoms with Crippen molar-refractivity contribution in [3.63, 3.8) is 0 Å². The van der Waals surface area contributed by atoms with Crippen LogP contribution in [-0.2, 0) is 6.42 Å². The van der Waals surface area contributed by atoms with Gasteiger partial charge in [0.05, 0.1) is 0 Å². The van der Waals surface area contributed by atoms with Gasteiger partial charge in [-0.15, -0.1) is 0 Å². The summed E-state index contributed by atoms with van der Waals surface area (Å²) in [6.07, 6.45) is 16.7.